The summed E-state index contributed by atoms with van der Waals surface area (Å²) in [5.41, 5.74) is -0.892. The van der Waals surface area contributed by atoms with Gasteiger partial charge in [0.25, 0.3) is 0 Å². The van der Waals surface area contributed by atoms with Crippen LogP contribution in [-0.4, -0.2) is 23.7 Å². The van der Waals surface area contributed by atoms with E-state index in [9.17, 15) is 31.5 Å². The molecule has 0 aliphatic heterocycles. The molecule has 0 bridgehead atoms. The minimum absolute atomic E-state index is 0.642. The second-order valence-electron chi connectivity index (χ2n) is 6.69. The summed E-state index contributed by atoms with van der Waals surface area (Å²) in [4.78, 5) is 23.9. The van der Waals surface area contributed by atoms with Crippen LogP contribution >= 0.6 is 0 Å². The van der Waals surface area contributed by atoms with E-state index in [0.29, 0.717) is 0 Å². The van der Waals surface area contributed by atoms with E-state index < -0.39 is 64.5 Å². The SMILES string of the molecule is CC(C)C(NC(=O)OC(C)(C)C)C(=O)Oc1c(F)c(F)c(F)c(F)c1F. The number of benzene rings is 1. The fraction of sp³-hybridized carbons (Fsp3) is 0.500. The molecule has 0 aliphatic carbocycles. The van der Waals surface area contributed by atoms with Crippen LogP contribution in [0.1, 0.15) is 34.6 Å². The van der Waals surface area contributed by atoms with Crippen molar-refractivity contribution in [3.05, 3.63) is 29.1 Å². The van der Waals surface area contributed by atoms with Crippen LogP contribution in [0.2, 0.25) is 0 Å². The molecule has 5 nitrogen and oxygen atoms in total. The zero-order valence-electron chi connectivity index (χ0n) is 14.7. The Bertz CT molecular complexity index is 687. The first-order valence-corrected chi connectivity index (χ1v) is 7.49. The fourth-order valence-corrected chi connectivity index (χ4v) is 1.77. The maximum Gasteiger partial charge on any atom is 0.408 e. The molecule has 146 valence electrons. The first kappa shape index (κ1) is 21.7. The van der Waals surface area contributed by atoms with E-state index in [1.54, 1.807) is 20.8 Å². The van der Waals surface area contributed by atoms with Crippen molar-refractivity contribution in [2.45, 2.75) is 46.3 Å². The van der Waals surface area contributed by atoms with Crippen molar-refractivity contribution in [1.29, 1.82) is 0 Å². The summed E-state index contributed by atoms with van der Waals surface area (Å²) >= 11 is 0. The lowest BCUT2D eigenvalue weighted by Crippen LogP contribution is -2.48. The van der Waals surface area contributed by atoms with Crippen molar-refractivity contribution in [3.8, 4) is 5.75 Å². The topological polar surface area (TPSA) is 64.6 Å². The monoisotopic (exact) mass is 383 g/mol. The molecule has 0 saturated carbocycles. The molecule has 0 heterocycles. The number of rotatable bonds is 4. The van der Waals surface area contributed by atoms with Crippen molar-refractivity contribution in [2.75, 3.05) is 0 Å². The number of alkyl carbamates (subject to hydrolysis) is 1. The smallest absolute Gasteiger partial charge is 0.408 e. The molecule has 1 rings (SSSR count). The molecule has 1 aromatic rings. The molecule has 1 N–H and O–H groups in total. The van der Waals surface area contributed by atoms with Gasteiger partial charge in [-0.05, 0) is 26.7 Å². The summed E-state index contributed by atoms with van der Waals surface area (Å²) in [5, 5.41) is 2.13. The quantitative estimate of drug-likeness (QED) is 0.282. The molecule has 0 radical (unpaired) electrons. The van der Waals surface area contributed by atoms with Gasteiger partial charge in [-0.1, -0.05) is 13.8 Å². The Kier molecular flexibility index (Phi) is 6.56. The van der Waals surface area contributed by atoms with E-state index in [2.05, 4.69) is 10.1 Å². The summed E-state index contributed by atoms with van der Waals surface area (Å²) in [6.45, 7) is 7.60. The number of esters is 1. The van der Waals surface area contributed by atoms with Gasteiger partial charge in [-0.2, -0.15) is 8.78 Å². The van der Waals surface area contributed by atoms with Crippen molar-refractivity contribution in [1.82, 2.24) is 5.32 Å². The zero-order chi connectivity index (χ0) is 20.4. The molecule has 1 atom stereocenters. The molecule has 0 aromatic heterocycles. The van der Waals surface area contributed by atoms with Gasteiger partial charge in [-0.3, -0.25) is 0 Å². The highest BCUT2D eigenvalue weighted by Crippen LogP contribution is 2.29. The molecule has 0 spiro atoms. The van der Waals surface area contributed by atoms with Gasteiger partial charge in [0.2, 0.25) is 34.8 Å². The van der Waals surface area contributed by atoms with E-state index in [1.807, 2.05) is 0 Å². The zero-order valence-corrected chi connectivity index (χ0v) is 14.7. The van der Waals surface area contributed by atoms with Crippen LogP contribution in [0.4, 0.5) is 26.7 Å². The maximum absolute atomic E-state index is 13.6. The molecule has 1 amide bonds. The van der Waals surface area contributed by atoms with Gasteiger partial charge in [0.15, 0.2) is 0 Å². The number of carbonyl (C=O) groups excluding carboxylic acids is 2. The van der Waals surface area contributed by atoms with Crippen LogP contribution < -0.4 is 10.1 Å². The van der Waals surface area contributed by atoms with Crippen LogP contribution in [0, 0.1) is 35.0 Å². The molecule has 10 heteroatoms. The van der Waals surface area contributed by atoms with Crippen LogP contribution in [0.15, 0.2) is 0 Å². The number of nitrogens with one attached hydrogen (secondary N) is 1. The van der Waals surface area contributed by atoms with E-state index in [0.717, 1.165) is 0 Å². The number of halogens is 5. The summed E-state index contributed by atoms with van der Waals surface area (Å²) in [5.74, 6) is -15.3. The number of carbonyl (C=O) groups is 2. The van der Waals surface area contributed by atoms with Crippen LogP contribution in [0.25, 0.3) is 0 Å². The van der Waals surface area contributed by atoms with Gasteiger partial charge < -0.3 is 14.8 Å². The second-order valence-corrected chi connectivity index (χ2v) is 6.69. The Morgan fingerprint density at radius 2 is 1.31 bits per heavy atom. The minimum atomic E-state index is -2.38. The van der Waals surface area contributed by atoms with Crippen molar-refractivity contribution < 1.29 is 41.0 Å². The molecule has 26 heavy (non-hydrogen) atoms. The van der Waals surface area contributed by atoms with Gasteiger partial charge in [-0.25, -0.2) is 22.8 Å². The molecular formula is C16H18F5NO4. The van der Waals surface area contributed by atoms with Crippen LogP contribution in [0.5, 0.6) is 5.75 Å². The highest BCUT2D eigenvalue weighted by atomic mass is 19.2. The Morgan fingerprint density at radius 3 is 1.69 bits per heavy atom. The third-order valence-corrected chi connectivity index (χ3v) is 2.97. The highest BCUT2D eigenvalue weighted by Gasteiger charge is 2.33. The van der Waals surface area contributed by atoms with E-state index in [-0.39, 0.29) is 0 Å². The van der Waals surface area contributed by atoms with Crippen molar-refractivity contribution in [3.63, 3.8) is 0 Å². The Morgan fingerprint density at radius 1 is 0.885 bits per heavy atom. The minimum Gasteiger partial charge on any atom is -0.444 e. The first-order valence-electron chi connectivity index (χ1n) is 7.49. The first-order chi connectivity index (χ1) is 11.8. The lowest BCUT2D eigenvalue weighted by atomic mass is 10.1. The predicted molar refractivity (Wildman–Crippen MR) is 79.9 cm³/mol. The number of hydrogen-bond acceptors (Lipinski definition) is 4. The molecular weight excluding hydrogens is 365 g/mol. The number of hydrogen-bond donors (Lipinski definition) is 1. The summed E-state index contributed by atoms with van der Waals surface area (Å²) < 4.78 is 75.8. The Labute approximate surface area is 146 Å². The van der Waals surface area contributed by atoms with Crippen molar-refractivity contribution >= 4 is 12.1 Å². The summed E-state index contributed by atoms with van der Waals surface area (Å²) in [6, 6.07) is -1.46. The van der Waals surface area contributed by atoms with E-state index in [4.69, 9.17) is 4.74 Å². The largest absolute Gasteiger partial charge is 0.444 e. The third-order valence-electron chi connectivity index (χ3n) is 2.97. The predicted octanol–water partition coefficient (Wildman–Crippen LogP) is 3.84. The third kappa shape index (κ3) is 5.06. The van der Waals surface area contributed by atoms with Crippen LogP contribution in [0.3, 0.4) is 0 Å². The molecule has 0 fully saturated rings. The lowest BCUT2D eigenvalue weighted by molar-refractivity contribution is -0.138. The highest BCUT2D eigenvalue weighted by molar-refractivity contribution is 5.83. The maximum atomic E-state index is 13.6. The molecule has 1 unspecified atom stereocenters. The van der Waals surface area contributed by atoms with E-state index in [1.165, 1.54) is 13.8 Å². The Balaban J connectivity index is 3.08. The van der Waals surface area contributed by atoms with Crippen molar-refractivity contribution in [2.24, 2.45) is 5.92 Å². The fourth-order valence-electron chi connectivity index (χ4n) is 1.77. The van der Waals surface area contributed by atoms with Gasteiger partial charge >= 0.3 is 12.1 Å². The normalized spacial score (nSPS) is 12.7. The van der Waals surface area contributed by atoms with Gasteiger partial charge in [0.1, 0.15) is 11.6 Å². The van der Waals surface area contributed by atoms with Crippen LogP contribution in [-0.2, 0) is 9.53 Å². The lowest BCUT2D eigenvalue weighted by Gasteiger charge is -2.24. The average Bonchev–Trinajstić information content (AvgIpc) is 2.50. The number of amides is 1. The molecule has 0 saturated heterocycles. The molecule has 1 aromatic carbocycles. The molecule has 0 aliphatic rings. The summed E-state index contributed by atoms with van der Waals surface area (Å²) in [7, 11) is 0. The standard InChI is InChI=1S/C16H18F5NO4/c1-6(2)12(22-15(24)26-16(3,4)5)14(23)25-13-10(20)8(18)7(17)9(19)11(13)21/h6,12H,1-5H3,(H,22,24). The Hall–Kier alpha value is -2.39. The van der Waals surface area contributed by atoms with Gasteiger partial charge in [0, 0.05) is 0 Å². The second kappa shape index (κ2) is 7.88. The average molecular weight is 383 g/mol. The summed E-state index contributed by atoms with van der Waals surface area (Å²) in [6.07, 6.45) is -1.02. The number of ether oxygens (including phenoxy) is 2. The van der Waals surface area contributed by atoms with E-state index >= 15 is 0 Å². The van der Waals surface area contributed by atoms with Gasteiger partial charge in [0.05, 0.1) is 0 Å². The van der Waals surface area contributed by atoms with Gasteiger partial charge in [-0.15, -0.1) is 0 Å².